The third kappa shape index (κ3) is 6.82. The van der Waals surface area contributed by atoms with Gasteiger partial charge in [0.2, 0.25) is 5.91 Å². The smallest absolute Gasteiger partial charge is 0.220 e. The lowest BCUT2D eigenvalue weighted by molar-refractivity contribution is -0.121. The standard InChI is InChI=1S/C15H24N2O2/c1-2-11-19-12-5-10-17-15(18)9-8-13-6-3-4-7-14(13)16/h3-4,6-7H,2,5,8-12,16H2,1H3,(H,17,18). The minimum Gasteiger partial charge on any atom is -0.399 e. The van der Waals surface area contributed by atoms with Gasteiger partial charge in [0.1, 0.15) is 0 Å². The van der Waals surface area contributed by atoms with Crippen molar-refractivity contribution in [2.75, 3.05) is 25.5 Å². The van der Waals surface area contributed by atoms with Gasteiger partial charge in [0.25, 0.3) is 0 Å². The fourth-order valence-electron chi connectivity index (χ4n) is 1.75. The number of hydrogen-bond acceptors (Lipinski definition) is 3. The van der Waals surface area contributed by atoms with E-state index in [1.54, 1.807) is 0 Å². The second-order valence-electron chi connectivity index (χ2n) is 4.51. The molecule has 0 fully saturated rings. The third-order valence-electron chi connectivity index (χ3n) is 2.81. The summed E-state index contributed by atoms with van der Waals surface area (Å²) in [5.41, 5.74) is 7.61. The molecule has 0 bridgehead atoms. The van der Waals surface area contributed by atoms with Gasteiger partial charge in [-0.2, -0.15) is 0 Å². The second kappa shape index (κ2) is 9.39. The minimum atomic E-state index is 0.0683. The van der Waals surface area contributed by atoms with Crippen LogP contribution < -0.4 is 11.1 Å². The molecule has 0 aliphatic carbocycles. The van der Waals surface area contributed by atoms with Gasteiger partial charge in [0.05, 0.1) is 0 Å². The van der Waals surface area contributed by atoms with Gasteiger partial charge in [-0.3, -0.25) is 4.79 Å². The van der Waals surface area contributed by atoms with Crippen LogP contribution in [-0.4, -0.2) is 25.7 Å². The normalized spacial score (nSPS) is 10.4. The summed E-state index contributed by atoms with van der Waals surface area (Å²) in [7, 11) is 0. The Morgan fingerprint density at radius 1 is 1.32 bits per heavy atom. The lowest BCUT2D eigenvalue weighted by Crippen LogP contribution is -2.25. The van der Waals surface area contributed by atoms with Crippen molar-refractivity contribution in [1.29, 1.82) is 0 Å². The first-order chi connectivity index (χ1) is 9.24. The Balaban J connectivity index is 2.10. The first kappa shape index (κ1) is 15.5. The van der Waals surface area contributed by atoms with Crippen molar-refractivity contribution in [2.45, 2.75) is 32.6 Å². The van der Waals surface area contributed by atoms with Gasteiger partial charge < -0.3 is 15.8 Å². The Morgan fingerprint density at radius 3 is 2.84 bits per heavy atom. The van der Waals surface area contributed by atoms with E-state index >= 15 is 0 Å². The van der Waals surface area contributed by atoms with Crippen molar-refractivity contribution in [3.05, 3.63) is 29.8 Å². The molecule has 106 valence electrons. The Hall–Kier alpha value is -1.55. The van der Waals surface area contributed by atoms with Crippen LogP contribution in [0.2, 0.25) is 0 Å². The topological polar surface area (TPSA) is 64.3 Å². The molecule has 0 heterocycles. The van der Waals surface area contributed by atoms with Crippen molar-refractivity contribution < 1.29 is 9.53 Å². The van der Waals surface area contributed by atoms with E-state index in [1.165, 1.54) is 0 Å². The summed E-state index contributed by atoms with van der Waals surface area (Å²) in [6.45, 7) is 4.25. The van der Waals surface area contributed by atoms with E-state index in [2.05, 4.69) is 12.2 Å². The molecule has 1 aromatic carbocycles. The summed E-state index contributed by atoms with van der Waals surface area (Å²) < 4.78 is 5.34. The van der Waals surface area contributed by atoms with Gasteiger partial charge in [-0.15, -0.1) is 0 Å². The minimum absolute atomic E-state index is 0.0683. The maximum Gasteiger partial charge on any atom is 0.220 e. The number of carbonyl (C=O) groups excluding carboxylic acids is 1. The van der Waals surface area contributed by atoms with Crippen LogP contribution >= 0.6 is 0 Å². The number of anilines is 1. The first-order valence-electron chi connectivity index (χ1n) is 6.92. The predicted molar refractivity (Wildman–Crippen MR) is 77.9 cm³/mol. The molecule has 1 aromatic rings. The van der Waals surface area contributed by atoms with Crippen LogP contribution in [0, 0.1) is 0 Å². The Bertz CT molecular complexity index is 380. The molecule has 0 spiro atoms. The molecule has 0 aliphatic rings. The number of hydrogen-bond donors (Lipinski definition) is 2. The average Bonchev–Trinajstić information content (AvgIpc) is 2.42. The number of nitrogen functional groups attached to an aromatic ring is 1. The zero-order valence-electron chi connectivity index (χ0n) is 11.7. The highest BCUT2D eigenvalue weighted by molar-refractivity contribution is 5.76. The van der Waals surface area contributed by atoms with Crippen molar-refractivity contribution in [3.8, 4) is 0 Å². The van der Waals surface area contributed by atoms with Gasteiger partial charge in [-0.25, -0.2) is 0 Å². The number of rotatable bonds is 9. The number of nitrogens with one attached hydrogen (secondary N) is 1. The molecule has 0 saturated heterocycles. The monoisotopic (exact) mass is 264 g/mol. The first-order valence-corrected chi connectivity index (χ1v) is 6.92. The molecule has 1 rings (SSSR count). The number of amides is 1. The highest BCUT2D eigenvalue weighted by Gasteiger charge is 2.03. The molecular formula is C15H24N2O2. The molecule has 4 heteroatoms. The number of carbonyl (C=O) groups is 1. The summed E-state index contributed by atoms with van der Waals surface area (Å²) in [5.74, 6) is 0.0683. The van der Waals surface area contributed by atoms with E-state index in [1.807, 2.05) is 24.3 Å². The van der Waals surface area contributed by atoms with Crippen molar-refractivity contribution >= 4 is 11.6 Å². The largest absolute Gasteiger partial charge is 0.399 e. The van der Waals surface area contributed by atoms with E-state index in [9.17, 15) is 4.79 Å². The Kier molecular flexibility index (Phi) is 7.66. The molecule has 0 unspecified atom stereocenters. The average molecular weight is 264 g/mol. The van der Waals surface area contributed by atoms with Crippen LogP contribution in [0.25, 0.3) is 0 Å². The summed E-state index contributed by atoms with van der Waals surface area (Å²) in [5, 5.41) is 2.89. The molecule has 3 N–H and O–H groups in total. The number of benzene rings is 1. The zero-order chi connectivity index (χ0) is 13.9. The summed E-state index contributed by atoms with van der Waals surface area (Å²) in [6, 6.07) is 7.66. The molecule has 4 nitrogen and oxygen atoms in total. The Labute approximate surface area is 115 Å². The van der Waals surface area contributed by atoms with Crippen LogP contribution in [0.1, 0.15) is 31.7 Å². The fraction of sp³-hybridized carbons (Fsp3) is 0.533. The second-order valence-corrected chi connectivity index (χ2v) is 4.51. The molecule has 0 atom stereocenters. The molecule has 0 radical (unpaired) electrons. The maximum atomic E-state index is 11.6. The third-order valence-corrected chi connectivity index (χ3v) is 2.81. The quantitative estimate of drug-likeness (QED) is 0.530. The number of aryl methyl sites for hydroxylation is 1. The van der Waals surface area contributed by atoms with E-state index in [-0.39, 0.29) is 5.91 Å². The van der Waals surface area contributed by atoms with Crippen molar-refractivity contribution in [3.63, 3.8) is 0 Å². The number of nitrogens with two attached hydrogens (primary N) is 1. The van der Waals surface area contributed by atoms with E-state index in [4.69, 9.17) is 10.5 Å². The molecule has 0 aliphatic heterocycles. The van der Waals surface area contributed by atoms with Crippen LogP contribution in [-0.2, 0) is 16.0 Å². The van der Waals surface area contributed by atoms with Crippen LogP contribution in [0.4, 0.5) is 5.69 Å². The number of ether oxygens (including phenoxy) is 1. The summed E-state index contributed by atoms with van der Waals surface area (Å²) in [4.78, 5) is 11.6. The summed E-state index contributed by atoms with van der Waals surface area (Å²) in [6.07, 6.45) is 3.05. The van der Waals surface area contributed by atoms with Gasteiger partial charge in [-0.1, -0.05) is 25.1 Å². The maximum absolute atomic E-state index is 11.6. The summed E-state index contributed by atoms with van der Waals surface area (Å²) >= 11 is 0. The van der Waals surface area contributed by atoms with E-state index in [0.717, 1.165) is 30.7 Å². The SMILES string of the molecule is CCCOCCCNC(=O)CCc1ccccc1N. The fourth-order valence-corrected chi connectivity index (χ4v) is 1.75. The number of para-hydroxylation sites is 1. The predicted octanol–water partition coefficient (Wildman–Crippen LogP) is 2.13. The highest BCUT2D eigenvalue weighted by Crippen LogP contribution is 2.12. The van der Waals surface area contributed by atoms with Crippen LogP contribution in [0.3, 0.4) is 0 Å². The van der Waals surface area contributed by atoms with Gasteiger partial charge in [-0.05, 0) is 30.9 Å². The molecule has 1 amide bonds. The van der Waals surface area contributed by atoms with Crippen molar-refractivity contribution in [2.24, 2.45) is 0 Å². The van der Waals surface area contributed by atoms with Crippen LogP contribution in [0.15, 0.2) is 24.3 Å². The molecular weight excluding hydrogens is 240 g/mol. The highest BCUT2D eigenvalue weighted by atomic mass is 16.5. The van der Waals surface area contributed by atoms with E-state index in [0.29, 0.717) is 26.0 Å². The zero-order valence-corrected chi connectivity index (χ0v) is 11.7. The van der Waals surface area contributed by atoms with Gasteiger partial charge in [0, 0.05) is 31.9 Å². The van der Waals surface area contributed by atoms with Gasteiger partial charge >= 0.3 is 0 Å². The molecule has 0 saturated carbocycles. The lowest BCUT2D eigenvalue weighted by atomic mass is 10.1. The van der Waals surface area contributed by atoms with E-state index < -0.39 is 0 Å². The Morgan fingerprint density at radius 2 is 2.11 bits per heavy atom. The lowest BCUT2D eigenvalue weighted by Gasteiger charge is -2.07. The molecule has 19 heavy (non-hydrogen) atoms. The molecule has 0 aromatic heterocycles. The van der Waals surface area contributed by atoms with Crippen molar-refractivity contribution in [1.82, 2.24) is 5.32 Å². The van der Waals surface area contributed by atoms with Crippen LogP contribution in [0.5, 0.6) is 0 Å². The van der Waals surface area contributed by atoms with Gasteiger partial charge in [0.15, 0.2) is 0 Å².